The first-order chi connectivity index (χ1) is 12.0. The molecule has 5 nitrogen and oxygen atoms in total. The molecule has 0 aliphatic carbocycles. The first-order valence-corrected chi connectivity index (χ1v) is 13.1. The van der Waals surface area contributed by atoms with Crippen LogP contribution in [0.1, 0.15) is 32.6 Å². The van der Waals surface area contributed by atoms with Gasteiger partial charge in [-0.3, -0.25) is 0 Å². The quantitative estimate of drug-likeness (QED) is 0.644. The van der Waals surface area contributed by atoms with Crippen molar-refractivity contribution in [2.75, 3.05) is 6.17 Å². The number of amides is 1. The largest absolute Gasteiger partial charge is 0.444 e. The van der Waals surface area contributed by atoms with E-state index >= 15 is 0 Å². The maximum atomic E-state index is 12.7. The fourth-order valence-corrected chi connectivity index (χ4v) is 6.43. The van der Waals surface area contributed by atoms with Crippen LogP contribution < -0.4 is 0 Å². The van der Waals surface area contributed by atoms with Gasteiger partial charge in [0.2, 0.25) is 0 Å². The third-order valence-corrected chi connectivity index (χ3v) is 7.63. The van der Waals surface area contributed by atoms with Gasteiger partial charge in [-0.05, 0) is 44.5 Å². The van der Waals surface area contributed by atoms with Gasteiger partial charge in [0, 0.05) is 10.6 Å². The molecule has 1 atom stereocenters. The van der Waals surface area contributed by atoms with Crippen molar-refractivity contribution in [3.05, 3.63) is 40.8 Å². The van der Waals surface area contributed by atoms with Gasteiger partial charge in [0.1, 0.15) is 11.4 Å². The van der Waals surface area contributed by atoms with Crippen LogP contribution in [0.15, 0.2) is 34.9 Å². The summed E-state index contributed by atoms with van der Waals surface area (Å²) in [5.74, 6) is 0.840. The molecule has 26 heavy (non-hydrogen) atoms. The highest BCUT2D eigenvalue weighted by atomic mass is 79.9. The van der Waals surface area contributed by atoms with Crippen molar-refractivity contribution in [3.8, 4) is 11.3 Å². The number of aromatic amines is 1. The highest BCUT2D eigenvalue weighted by Crippen LogP contribution is 2.38. The number of nitrogens with zero attached hydrogens (tertiary/aromatic N) is 2. The Morgan fingerprint density at radius 1 is 1.31 bits per heavy atom. The predicted molar refractivity (Wildman–Crippen MR) is 110 cm³/mol. The minimum absolute atomic E-state index is 0.0456. The van der Waals surface area contributed by atoms with Gasteiger partial charge in [0.05, 0.1) is 26.0 Å². The van der Waals surface area contributed by atoms with Crippen molar-refractivity contribution in [3.63, 3.8) is 0 Å². The van der Waals surface area contributed by atoms with E-state index in [1.807, 2.05) is 56.1 Å². The minimum Gasteiger partial charge on any atom is -0.444 e. The van der Waals surface area contributed by atoms with Crippen LogP contribution in [0.4, 0.5) is 4.79 Å². The molecule has 1 aromatic carbocycles. The molecule has 1 aliphatic heterocycles. The summed E-state index contributed by atoms with van der Waals surface area (Å²) in [6.07, 6.45) is 2.39. The summed E-state index contributed by atoms with van der Waals surface area (Å²) in [5, 5.41) is 0. The fourth-order valence-electron chi connectivity index (χ4n) is 3.31. The van der Waals surface area contributed by atoms with Crippen molar-refractivity contribution >= 4 is 30.1 Å². The Bertz CT molecular complexity index is 796. The number of benzene rings is 1. The number of hydrogen-bond acceptors (Lipinski definition) is 3. The lowest BCUT2D eigenvalue weighted by atomic mass is 10.2. The number of imidazole rings is 1. The summed E-state index contributed by atoms with van der Waals surface area (Å²) in [6, 6.07) is 9.04. The monoisotopic (exact) mass is 435 g/mol. The zero-order valence-corrected chi connectivity index (χ0v) is 18.6. The molecule has 0 bridgehead atoms. The molecule has 0 saturated carbocycles. The average Bonchev–Trinajstić information content (AvgIpc) is 3.10. The molecule has 2 heterocycles. The average molecular weight is 436 g/mol. The number of hydrogen-bond donors (Lipinski definition) is 1. The van der Waals surface area contributed by atoms with E-state index in [4.69, 9.17) is 4.74 Å². The first-order valence-electron chi connectivity index (χ1n) is 8.85. The van der Waals surface area contributed by atoms with Crippen LogP contribution in [-0.4, -0.2) is 40.8 Å². The normalized spacial score (nSPS) is 19.6. The third-order valence-electron chi connectivity index (χ3n) is 4.41. The molecule has 140 valence electrons. The first kappa shape index (κ1) is 19.2. The Morgan fingerprint density at radius 2 is 1.96 bits per heavy atom. The Morgan fingerprint density at radius 3 is 2.58 bits per heavy atom. The number of carbonyl (C=O) groups excluding carboxylic acids is 1. The molecule has 0 radical (unpaired) electrons. The van der Waals surface area contributed by atoms with Crippen molar-refractivity contribution in [2.45, 2.75) is 51.6 Å². The van der Waals surface area contributed by atoms with E-state index in [1.54, 1.807) is 0 Å². The summed E-state index contributed by atoms with van der Waals surface area (Å²) >= 11 is 3.46. The van der Waals surface area contributed by atoms with E-state index in [9.17, 15) is 4.79 Å². The predicted octanol–water partition coefficient (Wildman–Crippen LogP) is 5.38. The van der Waals surface area contributed by atoms with E-state index in [2.05, 4.69) is 39.0 Å². The van der Waals surface area contributed by atoms with Crippen molar-refractivity contribution in [2.24, 2.45) is 0 Å². The Balaban J connectivity index is 1.86. The molecule has 1 amide bonds. The zero-order valence-electron chi connectivity index (χ0n) is 16.0. The molecule has 7 heteroatoms. The minimum atomic E-state index is -1.51. The molecule has 0 unspecified atom stereocenters. The molecule has 1 aliphatic rings. The van der Waals surface area contributed by atoms with Crippen LogP contribution in [0.5, 0.6) is 0 Å². The van der Waals surface area contributed by atoms with E-state index in [-0.39, 0.29) is 12.1 Å². The lowest BCUT2D eigenvalue weighted by Crippen LogP contribution is -2.39. The molecule has 1 fully saturated rings. The smallest absolute Gasteiger partial charge is 0.410 e. The van der Waals surface area contributed by atoms with Gasteiger partial charge in [0.15, 0.2) is 0 Å². The molecule has 2 aromatic rings. The van der Waals surface area contributed by atoms with Crippen molar-refractivity contribution in [1.29, 1.82) is 0 Å². The second kappa shape index (κ2) is 6.85. The Kier molecular flexibility index (Phi) is 5.05. The molecule has 3 rings (SSSR count). The van der Waals surface area contributed by atoms with Crippen LogP contribution in [-0.2, 0) is 4.74 Å². The van der Waals surface area contributed by atoms with E-state index in [0.717, 1.165) is 33.8 Å². The summed E-state index contributed by atoms with van der Waals surface area (Å²) < 4.78 is 6.68. The lowest BCUT2D eigenvalue weighted by molar-refractivity contribution is 0.0229. The van der Waals surface area contributed by atoms with Gasteiger partial charge >= 0.3 is 6.09 Å². The molecule has 1 saturated heterocycles. The lowest BCUT2D eigenvalue weighted by Gasteiger charge is -2.28. The van der Waals surface area contributed by atoms with Crippen LogP contribution in [0.3, 0.4) is 0 Å². The van der Waals surface area contributed by atoms with Gasteiger partial charge in [-0.1, -0.05) is 41.2 Å². The maximum Gasteiger partial charge on any atom is 0.410 e. The Labute approximate surface area is 164 Å². The fraction of sp³-hybridized carbons (Fsp3) is 0.474. The summed E-state index contributed by atoms with van der Waals surface area (Å²) in [5.41, 5.74) is 1.54. The maximum absolute atomic E-state index is 12.7. The Hall–Kier alpha value is -1.60. The van der Waals surface area contributed by atoms with Gasteiger partial charge in [-0.25, -0.2) is 9.78 Å². The van der Waals surface area contributed by atoms with Crippen LogP contribution in [0, 0.1) is 0 Å². The number of ether oxygens (including phenoxy) is 1. The van der Waals surface area contributed by atoms with Gasteiger partial charge in [0.25, 0.3) is 0 Å². The molecule has 1 aromatic heterocycles. The van der Waals surface area contributed by atoms with Crippen molar-refractivity contribution in [1.82, 2.24) is 14.9 Å². The van der Waals surface area contributed by atoms with E-state index in [1.165, 1.54) is 0 Å². The van der Waals surface area contributed by atoms with Gasteiger partial charge in [-0.2, -0.15) is 0 Å². The van der Waals surface area contributed by atoms with Crippen LogP contribution in [0.25, 0.3) is 11.3 Å². The molecular formula is C19H26BrN3O2Si. The SMILES string of the molecule is CC(C)(C)OC(=O)N1C[Si](C)(C)C[C@@H]1c1ncc(-c2ccc(Br)cc2)[nH]1. The highest BCUT2D eigenvalue weighted by Gasteiger charge is 2.44. The van der Waals surface area contributed by atoms with Gasteiger partial charge < -0.3 is 14.6 Å². The summed E-state index contributed by atoms with van der Waals surface area (Å²) in [7, 11) is -1.51. The zero-order chi connectivity index (χ0) is 19.1. The number of halogens is 1. The highest BCUT2D eigenvalue weighted by molar-refractivity contribution is 9.10. The molecule has 1 N–H and O–H groups in total. The van der Waals surface area contributed by atoms with Gasteiger partial charge in [-0.15, -0.1) is 0 Å². The molecule has 0 spiro atoms. The third kappa shape index (κ3) is 4.38. The number of nitrogens with one attached hydrogen (secondary N) is 1. The van der Waals surface area contributed by atoms with E-state index in [0.29, 0.717) is 0 Å². The number of aromatic nitrogens is 2. The number of carbonyl (C=O) groups is 1. The summed E-state index contributed by atoms with van der Waals surface area (Å²) in [4.78, 5) is 22.6. The number of H-pyrrole nitrogens is 1. The van der Waals surface area contributed by atoms with Crippen LogP contribution >= 0.6 is 15.9 Å². The number of rotatable bonds is 2. The van der Waals surface area contributed by atoms with E-state index < -0.39 is 13.7 Å². The molecular weight excluding hydrogens is 410 g/mol. The summed E-state index contributed by atoms with van der Waals surface area (Å²) in [6.45, 7) is 10.3. The van der Waals surface area contributed by atoms with Crippen LogP contribution in [0.2, 0.25) is 19.1 Å². The standard InChI is InChI=1S/C19H26BrN3O2Si/c1-19(2,3)25-18(24)23-12-26(4,5)11-16(23)17-21-10-15(22-17)13-6-8-14(20)9-7-13/h6-10,16H,11-12H2,1-5H3,(H,21,22)/t16-/m1/s1. The second-order valence-electron chi connectivity index (χ2n) is 8.68. The topological polar surface area (TPSA) is 58.2 Å². The second-order valence-corrected chi connectivity index (χ2v) is 14.6. The van der Waals surface area contributed by atoms with Crippen molar-refractivity contribution < 1.29 is 9.53 Å².